The molecule has 0 aliphatic heterocycles. The zero-order chi connectivity index (χ0) is 12.8. The summed E-state index contributed by atoms with van der Waals surface area (Å²) in [5.41, 5.74) is 1.85. The van der Waals surface area contributed by atoms with Crippen molar-refractivity contribution in [2.45, 2.75) is 26.7 Å². The fourth-order valence-electron chi connectivity index (χ4n) is 1.46. The van der Waals surface area contributed by atoms with Gasteiger partial charge in [0, 0.05) is 0 Å². The second-order valence-electron chi connectivity index (χ2n) is 4.00. The molecule has 0 aliphatic rings. The average molecular weight is 234 g/mol. The van der Waals surface area contributed by atoms with Crippen molar-refractivity contribution in [2.75, 3.05) is 6.61 Å². The maximum absolute atomic E-state index is 11.8. The number of carbonyl (C=O) groups is 1. The summed E-state index contributed by atoms with van der Waals surface area (Å²) in [6.45, 7) is 8.05. The highest BCUT2D eigenvalue weighted by molar-refractivity contribution is 5.95. The molecule has 0 bridgehead atoms. The first-order valence-electron chi connectivity index (χ1n) is 5.72. The molecule has 17 heavy (non-hydrogen) atoms. The Balaban J connectivity index is 2.90. The molecule has 1 N–H and O–H groups in total. The Bertz CT molecular complexity index is 421. The van der Waals surface area contributed by atoms with Gasteiger partial charge in [0.1, 0.15) is 5.75 Å². The first-order chi connectivity index (χ1) is 8.06. The van der Waals surface area contributed by atoms with Crippen LogP contribution in [0.25, 0.3) is 5.57 Å². The van der Waals surface area contributed by atoms with Gasteiger partial charge in [-0.1, -0.05) is 31.6 Å². The molecule has 92 valence electrons. The largest absolute Gasteiger partial charge is 0.508 e. The topological polar surface area (TPSA) is 46.5 Å². The Morgan fingerprint density at radius 2 is 2.12 bits per heavy atom. The lowest BCUT2D eigenvalue weighted by Gasteiger charge is -2.09. The van der Waals surface area contributed by atoms with Crippen LogP contribution in [0.3, 0.4) is 0 Å². The van der Waals surface area contributed by atoms with Crippen LogP contribution in [0, 0.1) is 0 Å². The Kier molecular flexibility index (Phi) is 4.76. The van der Waals surface area contributed by atoms with E-state index in [4.69, 9.17) is 4.74 Å². The Morgan fingerprint density at radius 3 is 2.71 bits per heavy atom. The number of ether oxygens (including phenoxy) is 1. The maximum atomic E-state index is 11.8. The molecule has 0 aliphatic carbocycles. The molecule has 0 radical (unpaired) electrons. The van der Waals surface area contributed by atoms with Crippen molar-refractivity contribution in [1.82, 2.24) is 0 Å². The van der Waals surface area contributed by atoms with E-state index in [0.717, 1.165) is 18.4 Å². The number of phenols is 1. The molecule has 1 rings (SSSR count). The van der Waals surface area contributed by atoms with Gasteiger partial charge >= 0.3 is 5.97 Å². The number of hydrogen-bond donors (Lipinski definition) is 1. The van der Waals surface area contributed by atoms with E-state index in [1.165, 1.54) is 12.1 Å². The van der Waals surface area contributed by atoms with E-state index in [1.807, 2.05) is 13.8 Å². The molecule has 0 aromatic heterocycles. The normalized spacial score (nSPS) is 10.0. The van der Waals surface area contributed by atoms with Crippen molar-refractivity contribution in [3.8, 4) is 5.75 Å². The van der Waals surface area contributed by atoms with Crippen LogP contribution >= 0.6 is 0 Å². The SMILES string of the molecule is C=C(C)c1ccc(O)cc1C(=O)OCCCC. The molecule has 0 amide bonds. The zero-order valence-electron chi connectivity index (χ0n) is 10.3. The van der Waals surface area contributed by atoms with Crippen molar-refractivity contribution in [1.29, 1.82) is 0 Å². The zero-order valence-corrected chi connectivity index (χ0v) is 10.3. The van der Waals surface area contributed by atoms with E-state index in [1.54, 1.807) is 6.07 Å². The van der Waals surface area contributed by atoms with Crippen LogP contribution in [0.2, 0.25) is 0 Å². The summed E-state index contributed by atoms with van der Waals surface area (Å²) in [6.07, 6.45) is 1.81. The quantitative estimate of drug-likeness (QED) is 0.627. The van der Waals surface area contributed by atoms with E-state index in [9.17, 15) is 9.90 Å². The monoisotopic (exact) mass is 234 g/mol. The van der Waals surface area contributed by atoms with Gasteiger partial charge < -0.3 is 9.84 Å². The van der Waals surface area contributed by atoms with Crippen molar-refractivity contribution in [3.05, 3.63) is 35.9 Å². The second-order valence-corrected chi connectivity index (χ2v) is 4.00. The third kappa shape index (κ3) is 3.63. The van der Waals surface area contributed by atoms with Crippen LogP contribution in [0.5, 0.6) is 5.75 Å². The second kappa shape index (κ2) is 6.09. The summed E-state index contributed by atoms with van der Waals surface area (Å²) < 4.78 is 5.12. The number of hydrogen-bond acceptors (Lipinski definition) is 3. The van der Waals surface area contributed by atoms with E-state index < -0.39 is 5.97 Å². The lowest BCUT2D eigenvalue weighted by molar-refractivity contribution is 0.0499. The number of carbonyl (C=O) groups excluding carboxylic acids is 1. The predicted molar refractivity (Wildman–Crippen MR) is 68.0 cm³/mol. The summed E-state index contributed by atoms with van der Waals surface area (Å²) >= 11 is 0. The number of benzene rings is 1. The van der Waals surface area contributed by atoms with Crippen molar-refractivity contribution in [3.63, 3.8) is 0 Å². The highest BCUT2D eigenvalue weighted by atomic mass is 16.5. The highest BCUT2D eigenvalue weighted by Crippen LogP contribution is 2.23. The van der Waals surface area contributed by atoms with Gasteiger partial charge in [-0.15, -0.1) is 0 Å². The van der Waals surface area contributed by atoms with Crippen molar-refractivity contribution < 1.29 is 14.6 Å². The van der Waals surface area contributed by atoms with Gasteiger partial charge in [0.2, 0.25) is 0 Å². The van der Waals surface area contributed by atoms with Crippen LogP contribution in [0.1, 0.15) is 42.6 Å². The molecule has 0 unspecified atom stereocenters. The molecule has 0 fully saturated rings. The molecule has 3 nitrogen and oxygen atoms in total. The predicted octanol–water partition coefficient (Wildman–Crippen LogP) is 3.38. The van der Waals surface area contributed by atoms with E-state index in [2.05, 4.69) is 6.58 Å². The summed E-state index contributed by atoms with van der Waals surface area (Å²) in [7, 11) is 0. The van der Waals surface area contributed by atoms with Gasteiger partial charge in [0.15, 0.2) is 0 Å². The van der Waals surface area contributed by atoms with Crippen LogP contribution < -0.4 is 0 Å². The third-order valence-electron chi connectivity index (χ3n) is 2.41. The molecule has 0 heterocycles. The summed E-state index contributed by atoms with van der Waals surface area (Å²) in [5.74, 6) is -0.357. The minimum atomic E-state index is -0.410. The lowest BCUT2D eigenvalue weighted by Crippen LogP contribution is -2.08. The van der Waals surface area contributed by atoms with E-state index in [0.29, 0.717) is 17.7 Å². The smallest absolute Gasteiger partial charge is 0.338 e. The first kappa shape index (κ1) is 13.3. The van der Waals surface area contributed by atoms with Crippen LogP contribution in [-0.2, 0) is 4.74 Å². The van der Waals surface area contributed by atoms with Gasteiger partial charge in [-0.25, -0.2) is 4.79 Å². The fourth-order valence-corrected chi connectivity index (χ4v) is 1.46. The lowest BCUT2D eigenvalue weighted by atomic mass is 10.0. The number of unbranched alkanes of at least 4 members (excludes halogenated alkanes) is 1. The number of esters is 1. The molecule has 0 saturated carbocycles. The van der Waals surface area contributed by atoms with Crippen LogP contribution in [0.4, 0.5) is 0 Å². The standard InChI is InChI=1S/C14H18O3/c1-4-5-8-17-14(16)13-9-11(15)6-7-12(13)10(2)3/h6-7,9,15H,2,4-5,8H2,1,3H3. The third-order valence-corrected chi connectivity index (χ3v) is 2.41. The van der Waals surface area contributed by atoms with Crippen LogP contribution in [-0.4, -0.2) is 17.7 Å². The summed E-state index contributed by atoms with van der Waals surface area (Å²) in [5, 5.41) is 9.40. The minimum Gasteiger partial charge on any atom is -0.508 e. The molecule has 1 aromatic rings. The number of rotatable bonds is 5. The average Bonchev–Trinajstić information content (AvgIpc) is 2.28. The summed E-state index contributed by atoms with van der Waals surface area (Å²) in [6, 6.07) is 4.62. The maximum Gasteiger partial charge on any atom is 0.338 e. The molecule has 3 heteroatoms. The minimum absolute atomic E-state index is 0.0532. The molecular weight excluding hydrogens is 216 g/mol. The number of aromatic hydroxyl groups is 1. The molecule has 0 spiro atoms. The summed E-state index contributed by atoms with van der Waals surface area (Å²) in [4.78, 5) is 11.8. The van der Waals surface area contributed by atoms with Gasteiger partial charge in [0.25, 0.3) is 0 Å². The Hall–Kier alpha value is -1.77. The van der Waals surface area contributed by atoms with Gasteiger partial charge in [-0.3, -0.25) is 0 Å². The highest BCUT2D eigenvalue weighted by Gasteiger charge is 2.14. The Morgan fingerprint density at radius 1 is 1.41 bits per heavy atom. The molecular formula is C14H18O3. The van der Waals surface area contributed by atoms with Crippen molar-refractivity contribution in [2.24, 2.45) is 0 Å². The Labute approximate surface area is 102 Å². The van der Waals surface area contributed by atoms with E-state index in [-0.39, 0.29) is 5.75 Å². The number of phenolic OH excluding ortho intramolecular Hbond substituents is 1. The fraction of sp³-hybridized carbons (Fsp3) is 0.357. The van der Waals surface area contributed by atoms with E-state index >= 15 is 0 Å². The van der Waals surface area contributed by atoms with Crippen molar-refractivity contribution >= 4 is 11.5 Å². The molecule has 0 atom stereocenters. The van der Waals surface area contributed by atoms with Gasteiger partial charge in [-0.2, -0.15) is 0 Å². The van der Waals surface area contributed by atoms with Crippen LogP contribution in [0.15, 0.2) is 24.8 Å². The number of allylic oxidation sites excluding steroid dienone is 1. The van der Waals surface area contributed by atoms with Gasteiger partial charge in [-0.05, 0) is 31.0 Å². The molecule has 0 saturated heterocycles. The van der Waals surface area contributed by atoms with Gasteiger partial charge in [0.05, 0.1) is 12.2 Å². The first-order valence-corrected chi connectivity index (χ1v) is 5.72. The molecule has 1 aromatic carbocycles.